The molecule has 12 nitrogen and oxygen atoms in total. The van der Waals surface area contributed by atoms with Gasteiger partial charge < -0.3 is 40.2 Å². The minimum absolute atomic E-state index is 0.201. The molecule has 4 N–H and O–H groups in total. The van der Waals surface area contributed by atoms with Crippen LogP contribution in [0.25, 0.3) is 0 Å². The number of rotatable bonds is 4. The molecule has 60 heavy (non-hydrogen) atoms. The standard InChI is InChI=1S/C48H60N4O8/c1-45(2,3)49-41(53)57-37-29-17-13-18-30(37)26-32-20-15-22-34(39(32)59-43(55)51-47(7,8)9)28-36-24-16-23-35(40(36)60-44(56)52-48(10,11)12)27-33-21-14-19-31(25-29)38(33)58-42(54)50-46(4,5)6/h13-24H,25-28H2,1-12H3,(H,49,53)(H,50,54)(H,51,55)(H,52,56). The number of fused-ring (bicyclic) bond motifs is 8. The molecule has 4 aromatic carbocycles. The fraction of sp³-hybridized carbons (Fsp3) is 0.417. The highest BCUT2D eigenvalue weighted by molar-refractivity contribution is 5.76. The van der Waals surface area contributed by atoms with Gasteiger partial charge in [0.2, 0.25) is 0 Å². The predicted octanol–water partition coefficient (Wildman–Crippen LogP) is 9.91. The number of ether oxygens (including phenoxy) is 4. The molecule has 4 aromatic rings. The molecule has 320 valence electrons. The van der Waals surface area contributed by atoms with Gasteiger partial charge in [-0.15, -0.1) is 0 Å². The number of nitrogens with one attached hydrogen (secondary N) is 4. The highest BCUT2D eigenvalue weighted by Crippen LogP contribution is 2.39. The van der Waals surface area contributed by atoms with Crippen LogP contribution in [0.4, 0.5) is 19.2 Å². The summed E-state index contributed by atoms with van der Waals surface area (Å²) in [6, 6.07) is 22.5. The Bertz CT molecular complexity index is 1860. The summed E-state index contributed by atoms with van der Waals surface area (Å²) in [5, 5.41) is 11.6. The molecule has 0 aliphatic heterocycles. The molecule has 0 saturated heterocycles. The molecule has 0 heterocycles. The van der Waals surface area contributed by atoms with Crippen molar-refractivity contribution in [3.05, 3.63) is 117 Å². The summed E-state index contributed by atoms with van der Waals surface area (Å²) >= 11 is 0. The lowest BCUT2D eigenvalue weighted by Gasteiger charge is -2.25. The van der Waals surface area contributed by atoms with E-state index in [2.05, 4.69) is 21.3 Å². The van der Waals surface area contributed by atoms with Crippen LogP contribution in [0, 0.1) is 0 Å². The number of para-hydroxylation sites is 4. The number of hydrogen-bond donors (Lipinski definition) is 4. The molecule has 0 saturated carbocycles. The Morgan fingerprint density at radius 2 is 0.483 bits per heavy atom. The van der Waals surface area contributed by atoms with Crippen molar-refractivity contribution in [1.29, 1.82) is 0 Å². The number of amides is 4. The van der Waals surface area contributed by atoms with Gasteiger partial charge in [0.1, 0.15) is 23.0 Å². The van der Waals surface area contributed by atoms with Crippen LogP contribution in [-0.4, -0.2) is 46.5 Å². The quantitative estimate of drug-likeness (QED) is 0.140. The van der Waals surface area contributed by atoms with E-state index in [9.17, 15) is 19.2 Å². The topological polar surface area (TPSA) is 153 Å². The Morgan fingerprint density at radius 1 is 0.333 bits per heavy atom. The molecule has 0 aromatic heterocycles. The molecular weight excluding hydrogens is 761 g/mol. The number of hydrogen-bond acceptors (Lipinski definition) is 8. The zero-order valence-electron chi connectivity index (χ0n) is 37.0. The predicted molar refractivity (Wildman–Crippen MR) is 233 cm³/mol. The maximum Gasteiger partial charge on any atom is 0.413 e. The Balaban J connectivity index is 1.79. The average Bonchev–Trinajstić information content (AvgIpc) is 3.06. The van der Waals surface area contributed by atoms with Crippen molar-refractivity contribution in [3.8, 4) is 23.0 Å². The molecule has 12 heteroatoms. The Kier molecular flexibility index (Phi) is 13.3. The van der Waals surface area contributed by atoms with Crippen LogP contribution >= 0.6 is 0 Å². The minimum atomic E-state index is -0.642. The lowest BCUT2D eigenvalue weighted by molar-refractivity contribution is 0.188. The second kappa shape index (κ2) is 17.7. The zero-order chi connectivity index (χ0) is 44.2. The third-order valence-corrected chi connectivity index (χ3v) is 8.92. The third-order valence-electron chi connectivity index (χ3n) is 8.92. The first-order chi connectivity index (χ1) is 27.8. The van der Waals surface area contributed by atoms with E-state index >= 15 is 0 Å². The van der Waals surface area contributed by atoms with E-state index in [1.165, 1.54) is 0 Å². The van der Waals surface area contributed by atoms with Crippen LogP contribution in [0.1, 0.15) is 128 Å². The van der Waals surface area contributed by atoms with Crippen molar-refractivity contribution in [2.45, 2.75) is 131 Å². The minimum Gasteiger partial charge on any atom is -0.410 e. The molecule has 0 unspecified atom stereocenters. The van der Waals surface area contributed by atoms with Gasteiger partial charge in [-0.05, 0) is 128 Å². The van der Waals surface area contributed by atoms with Gasteiger partial charge in [0.15, 0.2) is 0 Å². The van der Waals surface area contributed by atoms with E-state index in [4.69, 9.17) is 18.9 Å². The van der Waals surface area contributed by atoms with E-state index < -0.39 is 46.5 Å². The van der Waals surface area contributed by atoms with E-state index in [0.29, 0.717) is 67.5 Å². The summed E-state index contributed by atoms with van der Waals surface area (Å²) in [4.78, 5) is 54.1. The molecule has 1 aliphatic carbocycles. The fourth-order valence-corrected chi connectivity index (χ4v) is 6.71. The second-order valence-electron chi connectivity index (χ2n) is 19.4. The maximum atomic E-state index is 13.5. The van der Waals surface area contributed by atoms with E-state index in [-0.39, 0.29) is 25.7 Å². The van der Waals surface area contributed by atoms with Gasteiger partial charge in [-0.3, -0.25) is 0 Å². The smallest absolute Gasteiger partial charge is 0.410 e. The molecular formula is C48H60N4O8. The lowest BCUT2D eigenvalue weighted by Crippen LogP contribution is -2.42. The average molecular weight is 821 g/mol. The highest BCUT2D eigenvalue weighted by atomic mass is 16.6. The van der Waals surface area contributed by atoms with Gasteiger partial charge in [-0.2, -0.15) is 0 Å². The van der Waals surface area contributed by atoms with Gasteiger partial charge >= 0.3 is 24.4 Å². The molecule has 1 aliphatic rings. The van der Waals surface area contributed by atoms with Crippen LogP contribution in [0.2, 0.25) is 0 Å². The number of carbonyl (C=O) groups is 4. The number of benzene rings is 4. The van der Waals surface area contributed by atoms with Crippen LogP contribution in [0.15, 0.2) is 72.8 Å². The van der Waals surface area contributed by atoms with Gasteiger partial charge in [0.05, 0.1) is 0 Å². The first kappa shape index (κ1) is 45.1. The van der Waals surface area contributed by atoms with Crippen molar-refractivity contribution < 1.29 is 38.1 Å². The molecule has 0 fully saturated rings. The van der Waals surface area contributed by atoms with Gasteiger partial charge in [0, 0.05) is 47.8 Å². The van der Waals surface area contributed by atoms with Crippen molar-refractivity contribution in [2.75, 3.05) is 0 Å². The van der Waals surface area contributed by atoms with Crippen molar-refractivity contribution in [1.82, 2.24) is 21.3 Å². The fourth-order valence-electron chi connectivity index (χ4n) is 6.71. The normalized spacial score (nSPS) is 13.0. The van der Waals surface area contributed by atoms with Crippen LogP contribution in [-0.2, 0) is 25.7 Å². The number of carbonyl (C=O) groups excluding carboxylic acids is 4. The summed E-state index contributed by atoms with van der Waals surface area (Å²) in [5.41, 5.74) is 2.85. The largest absolute Gasteiger partial charge is 0.413 e. The molecule has 0 spiro atoms. The molecule has 0 atom stereocenters. The first-order valence-corrected chi connectivity index (χ1v) is 20.3. The monoisotopic (exact) mass is 820 g/mol. The van der Waals surface area contributed by atoms with E-state index in [0.717, 1.165) is 0 Å². The van der Waals surface area contributed by atoms with E-state index in [1.807, 2.05) is 156 Å². The van der Waals surface area contributed by atoms with Crippen LogP contribution in [0.3, 0.4) is 0 Å². The Morgan fingerprint density at radius 3 is 0.617 bits per heavy atom. The van der Waals surface area contributed by atoms with Crippen molar-refractivity contribution >= 4 is 24.4 Å². The SMILES string of the molecule is CC(C)(C)NC(=O)Oc1c2cccc1Cc1cccc(c1OC(=O)NC(C)(C)C)Cc1cccc(c1OC(=O)NC(C)(C)C)Cc1cccc(c1OC(=O)NC(C)(C)C)C2. The second-order valence-corrected chi connectivity index (χ2v) is 19.4. The van der Waals surface area contributed by atoms with Crippen molar-refractivity contribution in [2.24, 2.45) is 0 Å². The molecule has 4 amide bonds. The summed E-state index contributed by atoms with van der Waals surface area (Å²) < 4.78 is 24.8. The van der Waals surface area contributed by atoms with Gasteiger partial charge in [0.25, 0.3) is 0 Å². The zero-order valence-corrected chi connectivity index (χ0v) is 37.0. The maximum absolute atomic E-state index is 13.5. The Hall–Kier alpha value is -6.04. The molecule has 5 rings (SSSR count). The Labute approximate surface area is 354 Å². The van der Waals surface area contributed by atoms with Crippen molar-refractivity contribution in [3.63, 3.8) is 0 Å². The first-order valence-electron chi connectivity index (χ1n) is 20.3. The van der Waals surface area contributed by atoms with Crippen LogP contribution < -0.4 is 40.2 Å². The van der Waals surface area contributed by atoms with Crippen LogP contribution in [0.5, 0.6) is 23.0 Å². The van der Waals surface area contributed by atoms with Gasteiger partial charge in [-0.1, -0.05) is 72.8 Å². The third kappa shape index (κ3) is 13.0. The molecule has 8 bridgehead atoms. The molecule has 0 radical (unpaired) electrons. The van der Waals surface area contributed by atoms with Gasteiger partial charge in [-0.25, -0.2) is 19.2 Å². The highest BCUT2D eigenvalue weighted by Gasteiger charge is 2.27. The summed E-state index contributed by atoms with van der Waals surface area (Å²) in [5.74, 6) is 1.29. The summed E-state index contributed by atoms with van der Waals surface area (Å²) in [7, 11) is 0. The van der Waals surface area contributed by atoms with E-state index in [1.54, 1.807) is 0 Å². The lowest BCUT2D eigenvalue weighted by atomic mass is 9.91. The summed E-state index contributed by atoms with van der Waals surface area (Å²) in [6.07, 6.45) is -1.76. The summed E-state index contributed by atoms with van der Waals surface area (Å²) in [6.45, 7) is 22.4.